The molecule has 0 bridgehead atoms. The smallest absolute Gasteiger partial charge is 0.223 e. The number of aliphatic hydroxyl groups is 1. The fourth-order valence-electron chi connectivity index (χ4n) is 1.94. The molecule has 1 aromatic heterocycles. The van der Waals surface area contributed by atoms with Crippen molar-refractivity contribution in [2.45, 2.75) is 19.9 Å². The summed E-state index contributed by atoms with van der Waals surface area (Å²) in [4.78, 5) is 4.30. The highest BCUT2D eigenvalue weighted by molar-refractivity contribution is 5.38. The van der Waals surface area contributed by atoms with E-state index in [-0.39, 0.29) is 6.61 Å². The molecule has 20 heavy (non-hydrogen) atoms. The van der Waals surface area contributed by atoms with Crippen molar-refractivity contribution in [3.63, 3.8) is 0 Å². The lowest BCUT2D eigenvalue weighted by Gasteiger charge is -2.12. The third kappa shape index (κ3) is 3.79. The van der Waals surface area contributed by atoms with Crippen molar-refractivity contribution in [2.24, 2.45) is 0 Å². The second kappa shape index (κ2) is 7.62. The lowest BCUT2D eigenvalue weighted by Crippen LogP contribution is -2.12. The number of benzene rings is 1. The first kappa shape index (κ1) is 14.5. The summed E-state index contributed by atoms with van der Waals surface area (Å²) in [5.41, 5.74) is 2.00. The number of hydrogen-bond donors (Lipinski definition) is 2. The molecule has 0 fully saturated rings. The molecule has 4 heteroatoms. The van der Waals surface area contributed by atoms with Gasteiger partial charge in [0, 0.05) is 24.9 Å². The van der Waals surface area contributed by atoms with Crippen molar-refractivity contribution in [1.29, 1.82) is 0 Å². The van der Waals surface area contributed by atoms with Gasteiger partial charge in [0.25, 0.3) is 0 Å². The second-order valence-corrected chi connectivity index (χ2v) is 4.43. The zero-order chi connectivity index (χ0) is 14.2. The first-order chi connectivity index (χ1) is 9.85. The maximum absolute atomic E-state index is 9.10. The third-order valence-corrected chi connectivity index (χ3v) is 2.98. The highest BCUT2D eigenvalue weighted by Crippen LogP contribution is 2.26. The Morgan fingerprint density at radius 3 is 2.75 bits per heavy atom. The molecule has 0 atom stereocenters. The van der Waals surface area contributed by atoms with Crippen molar-refractivity contribution in [2.75, 3.05) is 13.2 Å². The molecule has 1 heterocycles. The van der Waals surface area contributed by atoms with E-state index >= 15 is 0 Å². The molecular formula is C16H20N2O2. The molecule has 0 saturated carbocycles. The average molecular weight is 272 g/mol. The summed E-state index contributed by atoms with van der Waals surface area (Å²) >= 11 is 0. The van der Waals surface area contributed by atoms with Crippen molar-refractivity contribution in [3.05, 3.63) is 53.7 Å². The van der Waals surface area contributed by atoms with Crippen LogP contribution in [0.1, 0.15) is 18.1 Å². The number of aliphatic hydroxyl groups excluding tert-OH is 1. The molecule has 0 aliphatic heterocycles. The molecule has 4 nitrogen and oxygen atoms in total. The molecule has 2 N–H and O–H groups in total. The van der Waals surface area contributed by atoms with Crippen molar-refractivity contribution < 1.29 is 9.84 Å². The summed E-state index contributed by atoms with van der Waals surface area (Å²) in [6.45, 7) is 3.79. The van der Waals surface area contributed by atoms with E-state index in [9.17, 15) is 0 Å². The van der Waals surface area contributed by atoms with Gasteiger partial charge in [-0.2, -0.15) is 0 Å². The molecule has 0 unspecified atom stereocenters. The summed E-state index contributed by atoms with van der Waals surface area (Å²) in [5.74, 6) is 1.36. The van der Waals surface area contributed by atoms with E-state index in [1.807, 2.05) is 36.4 Å². The number of ether oxygens (including phenoxy) is 1. The van der Waals surface area contributed by atoms with Gasteiger partial charge in [-0.1, -0.05) is 31.2 Å². The fourth-order valence-corrected chi connectivity index (χ4v) is 1.94. The Balaban J connectivity index is 2.21. The van der Waals surface area contributed by atoms with Gasteiger partial charge in [0.2, 0.25) is 5.88 Å². The predicted octanol–water partition coefficient (Wildman–Crippen LogP) is 2.52. The molecule has 2 aromatic rings. The van der Waals surface area contributed by atoms with Gasteiger partial charge < -0.3 is 15.2 Å². The van der Waals surface area contributed by atoms with Crippen LogP contribution in [0.4, 0.5) is 0 Å². The topological polar surface area (TPSA) is 54.4 Å². The van der Waals surface area contributed by atoms with E-state index in [4.69, 9.17) is 9.84 Å². The van der Waals surface area contributed by atoms with Crippen LogP contribution in [0.5, 0.6) is 11.6 Å². The van der Waals surface area contributed by atoms with Crippen LogP contribution < -0.4 is 10.1 Å². The van der Waals surface area contributed by atoms with Crippen molar-refractivity contribution >= 4 is 0 Å². The van der Waals surface area contributed by atoms with Crippen LogP contribution in [0.2, 0.25) is 0 Å². The van der Waals surface area contributed by atoms with E-state index in [0.29, 0.717) is 12.3 Å². The maximum atomic E-state index is 9.10. The van der Waals surface area contributed by atoms with Crippen molar-refractivity contribution in [1.82, 2.24) is 10.3 Å². The summed E-state index contributed by atoms with van der Waals surface area (Å²) in [6.07, 6.45) is 2.30. The normalized spacial score (nSPS) is 10.5. The Labute approximate surface area is 119 Å². The van der Waals surface area contributed by atoms with Gasteiger partial charge in [-0.3, -0.25) is 0 Å². The van der Waals surface area contributed by atoms with Crippen LogP contribution in [0.15, 0.2) is 42.6 Å². The average Bonchev–Trinajstić information content (AvgIpc) is 2.49. The van der Waals surface area contributed by atoms with E-state index in [2.05, 4.69) is 17.2 Å². The minimum atomic E-state index is 0.104. The molecule has 2 rings (SSSR count). The molecule has 0 radical (unpaired) electrons. The molecule has 106 valence electrons. The van der Waals surface area contributed by atoms with Crippen LogP contribution in [-0.2, 0) is 13.0 Å². The summed E-state index contributed by atoms with van der Waals surface area (Å²) in [7, 11) is 0. The summed E-state index contributed by atoms with van der Waals surface area (Å²) in [5, 5.41) is 12.4. The maximum Gasteiger partial charge on any atom is 0.223 e. The highest BCUT2D eigenvalue weighted by Gasteiger charge is 2.08. The molecule has 0 aliphatic rings. The standard InChI is InChI=1S/C16H20N2O2/c1-2-17-12-14-7-5-10-18-16(14)20-15-8-4-3-6-13(15)9-11-19/h3-8,10,17,19H,2,9,11-12H2,1H3. The lowest BCUT2D eigenvalue weighted by molar-refractivity contribution is 0.297. The number of hydrogen-bond acceptors (Lipinski definition) is 4. The van der Waals surface area contributed by atoms with Crippen LogP contribution in [0.3, 0.4) is 0 Å². The van der Waals surface area contributed by atoms with Crippen LogP contribution in [0, 0.1) is 0 Å². The van der Waals surface area contributed by atoms with E-state index in [0.717, 1.165) is 30.0 Å². The Hall–Kier alpha value is -1.91. The molecule has 0 spiro atoms. The monoisotopic (exact) mass is 272 g/mol. The zero-order valence-corrected chi connectivity index (χ0v) is 11.7. The molecule has 0 aliphatic carbocycles. The van der Waals surface area contributed by atoms with Gasteiger partial charge in [0.05, 0.1) is 0 Å². The predicted molar refractivity (Wildman–Crippen MR) is 78.9 cm³/mol. The third-order valence-electron chi connectivity index (χ3n) is 2.98. The zero-order valence-electron chi connectivity index (χ0n) is 11.7. The number of rotatable bonds is 7. The highest BCUT2D eigenvalue weighted by atomic mass is 16.5. The van der Waals surface area contributed by atoms with Gasteiger partial charge in [-0.15, -0.1) is 0 Å². The lowest BCUT2D eigenvalue weighted by atomic mass is 10.1. The van der Waals surface area contributed by atoms with E-state index in [1.54, 1.807) is 6.20 Å². The minimum absolute atomic E-state index is 0.104. The number of para-hydroxylation sites is 1. The summed E-state index contributed by atoms with van der Waals surface area (Å²) in [6, 6.07) is 11.6. The number of nitrogens with one attached hydrogen (secondary N) is 1. The van der Waals surface area contributed by atoms with Crippen molar-refractivity contribution in [3.8, 4) is 11.6 Å². The molecule has 1 aromatic carbocycles. The van der Waals surface area contributed by atoms with Gasteiger partial charge in [-0.05, 0) is 30.7 Å². The molecular weight excluding hydrogens is 252 g/mol. The quantitative estimate of drug-likeness (QED) is 0.813. The Bertz CT molecular complexity index is 544. The van der Waals surface area contributed by atoms with Gasteiger partial charge >= 0.3 is 0 Å². The largest absolute Gasteiger partial charge is 0.438 e. The van der Waals surface area contributed by atoms with E-state index < -0.39 is 0 Å². The second-order valence-electron chi connectivity index (χ2n) is 4.43. The van der Waals surface area contributed by atoms with Gasteiger partial charge in [0.15, 0.2) is 0 Å². The molecule has 0 saturated heterocycles. The first-order valence-electron chi connectivity index (χ1n) is 6.86. The molecule has 0 amide bonds. The summed E-state index contributed by atoms with van der Waals surface area (Å²) < 4.78 is 5.93. The van der Waals surface area contributed by atoms with Gasteiger partial charge in [0.1, 0.15) is 5.75 Å². The minimum Gasteiger partial charge on any atom is -0.438 e. The van der Waals surface area contributed by atoms with E-state index in [1.165, 1.54) is 0 Å². The fraction of sp³-hybridized carbons (Fsp3) is 0.312. The van der Waals surface area contributed by atoms with Crippen LogP contribution in [0.25, 0.3) is 0 Å². The SMILES string of the molecule is CCNCc1cccnc1Oc1ccccc1CCO. The number of aromatic nitrogens is 1. The number of nitrogens with zero attached hydrogens (tertiary/aromatic N) is 1. The Kier molecular flexibility index (Phi) is 5.53. The van der Waals surface area contributed by atoms with Crippen LogP contribution in [-0.4, -0.2) is 23.2 Å². The Morgan fingerprint density at radius 1 is 1.15 bits per heavy atom. The van der Waals surface area contributed by atoms with Gasteiger partial charge in [-0.25, -0.2) is 4.98 Å². The Morgan fingerprint density at radius 2 is 1.95 bits per heavy atom. The number of pyridine rings is 1. The first-order valence-corrected chi connectivity index (χ1v) is 6.86. The van der Waals surface area contributed by atoms with Crippen LogP contribution >= 0.6 is 0 Å².